The number of ether oxygens (including phenoxy) is 2. The third-order valence-corrected chi connectivity index (χ3v) is 12.9. The van der Waals surface area contributed by atoms with Crippen molar-refractivity contribution in [2.24, 2.45) is 23.2 Å². The fourth-order valence-electron chi connectivity index (χ4n) is 9.85. The van der Waals surface area contributed by atoms with Crippen LogP contribution in [0.25, 0.3) is 0 Å². The Bertz CT molecular complexity index is 905. The van der Waals surface area contributed by atoms with Crippen LogP contribution in [0.4, 0.5) is 0 Å². The number of carbonyl (C=O) groups excluding carboxylic acids is 2. The maximum Gasteiger partial charge on any atom is 0.306 e. The van der Waals surface area contributed by atoms with Crippen LogP contribution in [0.15, 0.2) is 0 Å². The summed E-state index contributed by atoms with van der Waals surface area (Å²) in [5.41, 5.74) is -0.409. The van der Waals surface area contributed by atoms with Crippen LogP contribution < -0.4 is 0 Å². The topological polar surface area (TPSA) is 55.8 Å². The first kappa shape index (κ1) is 51.9. The molecule has 0 N–H and O–H groups in total. The molecule has 0 spiro atoms. The Morgan fingerprint density at radius 1 is 0.600 bits per heavy atom. The van der Waals surface area contributed by atoms with Gasteiger partial charge in [-0.3, -0.25) is 9.59 Å². The fourth-order valence-corrected chi connectivity index (χ4v) is 9.85. The smallest absolute Gasteiger partial charge is 0.306 e. The van der Waals surface area contributed by atoms with Crippen molar-refractivity contribution in [2.75, 3.05) is 20.6 Å². The summed E-state index contributed by atoms with van der Waals surface area (Å²) < 4.78 is 12.5. The van der Waals surface area contributed by atoms with E-state index in [-0.39, 0.29) is 35.3 Å². The molecule has 1 rings (SSSR count). The van der Waals surface area contributed by atoms with E-state index < -0.39 is 5.60 Å². The highest BCUT2D eigenvalue weighted by Crippen LogP contribution is 2.44. The fraction of sp³-hybridized carbons (Fsp3) is 0.960. The van der Waals surface area contributed by atoms with Gasteiger partial charge in [0.15, 0.2) is 0 Å². The Morgan fingerprint density at radius 2 is 1.05 bits per heavy atom. The lowest BCUT2D eigenvalue weighted by Gasteiger charge is -2.41. The molecule has 326 valence electrons. The molecule has 0 saturated heterocycles. The van der Waals surface area contributed by atoms with Crippen molar-refractivity contribution in [1.29, 1.82) is 0 Å². The minimum absolute atomic E-state index is 0.0641. The quantitative estimate of drug-likeness (QED) is 0.0465. The first-order valence-electron chi connectivity index (χ1n) is 24.4. The van der Waals surface area contributed by atoms with Crippen LogP contribution in [0.1, 0.15) is 254 Å². The van der Waals surface area contributed by atoms with Crippen molar-refractivity contribution in [2.45, 2.75) is 266 Å². The molecule has 0 aromatic rings. The Balaban J connectivity index is 2.76. The third-order valence-electron chi connectivity index (χ3n) is 12.9. The van der Waals surface area contributed by atoms with E-state index in [0.29, 0.717) is 18.8 Å². The summed E-state index contributed by atoms with van der Waals surface area (Å²) in [7, 11) is 4.07. The van der Waals surface area contributed by atoms with Gasteiger partial charge in [0.05, 0.1) is 0 Å². The molecule has 1 aliphatic carbocycles. The highest BCUT2D eigenvalue weighted by atomic mass is 16.6. The molecule has 3 unspecified atom stereocenters. The van der Waals surface area contributed by atoms with Crippen LogP contribution in [-0.2, 0) is 19.1 Å². The molecule has 1 aliphatic rings. The molecule has 5 heteroatoms. The molecular formula is C50H97NO4. The number of carbonyl (C=O) groups is 2. The number of hydrogen-bond donors (Lipinski definition) is 0. The molecule has 0 heterocycles. The molecule has 1 fully saturated rings. The van der Waals surface area contributed by atoms with Gasteiger partial charge in [0, 0.05) is 12.8 Å². The van der Waals surface area contributed by atoms with Gasteiger partial charge in [0.2, 0.25) is 0 Å². The highest BCUT2D eigenvalue weighted by molar-refractivity contribution is 5.71. The molecule has 0 aromatic carbocycles. The molecule has 0 aliphatic heterocycles. The van der Waals surface area contributed by atoms with Crippen molar-refractivity contribution in [3.8, 4) is 0 Å². The lowest BCUT2D eigenvalue weighted by molar-refractivity contribution is -0.161. The maximum absolute atomic E-state index is 13.7. The van der Waals surface area contributed by atoms with Gasteiger partial charge in [-0.05, 0) is 103 Å². The van der Waals surface area contributed by atoms with Gasteiger partial charge >= 0.3 is 11.9 Å². The summed E-state index contributed by atoms with van der Waals surface area (Å²) in [6.45, 7) is 16.9. The van der Waals surface area contributed by atoms with Crippen LogP contribution in [-0.4, -0.2) is 49.2 Å². The molecule has 0 aromatic heterocycles. The number of esters is 2. The number of nitrogens with zero attached hydrogens (tertiary/aromatic N) is 1. The summed E-state index contributed by atoms with van der Waals surface area (Å²) in [5.74, 6) is 0.991. The van der Waals surface area contributed by atoms with Gasteiger partial charge in [0.25, 0.3) is 0 Å². The third kappa shape index (κ3) is 26.5. The van der Waals surface area contributed by atoms with Gasteiger partial charge in [-0.25, -0.2) is 0 Å². The largest absolute Gasteiger partial charge is 0.462 e. The average molecular weight is 776 g/mol. The van der Waals surface area contributed by atoms with Crippen molar-refractivity contribution >= 4 is 11.9 Å². The Labute approximate surface area is 344 Å². The predicted molar refractivity (Wildman–Crippen MR) is 238 cm³/mol. The van der Waals surface area contributed by atoms with Gasteiger partial charge in [-0.1, -0.05) is 182 Å². The zero-order valence-electron chi connectivity index (χ0n) is 38.7. The molecule has 5 nitrogen and oxygen atoms in total. The van der Waals surface area contributed by atoms with Crippen LogP contribution in [0.3, 0.4) is 0 Å². The number of rotatable bonds is 37. The zero-order chi connectivity index (χ0) is 40.8. The zero-order valence-corrected chi connectivity index (χ0v) is 38.7. The van der Waals surface area contributed by atoms with Crippen molar-refractivity contribution in [3.63, 3.8) is 0 Å². The van der Waals surface area contributed by atoms with Crippen LogP contribution in [0.2, 0.25) is 0 Å². The van der Waals surface area contributed by atoms with Gasteiger partial charge in [-0.15, -0.1) is 0 Å². The predicted octanol–water partition coefficient (Wildman–Crippen LogP) is 15.2. The number of unbranched alkanes of at least 4 members (excludes halogenated alkanes) is 20. The minimum atomic E-state index is -0.511. The van der Waals surface area contributed by atoms with Crippen LogP contribution in [0.5, 0.6) is 0 Å². The first-order valence-corrected chi connectivity index (χ1v) is 24.4. The van der Waals surface area contributed by atoms with E-state index in [4.69, 9.17) is 9.47 Å². The molecule has 0 radical (unpaired) electrons. The second-order valence-corrected chi connectivity index (χ2v) is 19.7. The van der Waals surface area contributed by atoms with Crippen LogP contribution in [0, 0.1) is 23.2 Å². The lowest BCUT2D eigenvalue weighted by atomic mass is 9.68. The van der Waals surface area contributed by atoms with Crippen LogP contribution >= 0.6 is 0 Å². The second-order valence-electron chi connectivity index (χ2n) is 19.7. The van der Waals surface area contributed by atoms with Crippen molar-refractivity contribution in [1.82, 2.24) is 4.90 Å². The van der Waals surface area contributed by atoms with Crippen molar-refractivity contribution in [3.05, 3.63) is 0 Å². The summed E-state index contributed by atoms with van der Waals surface area (Å²) >= 11 is 0. The monoisotopic (exact) mass is 776 g/mol. The van der Waals surface area contributed by atoms with E-state index in [2.05, 4.69) is 53.4 Å². The summed E-state index contributed by atoms with van der Waals surface area (Å²) in [6.07, 6.45) is 39.0. The van der Waals surface area contributed by atoms with Gasteiger partial charge in [0.1, 0.15) is 11.7 Å². The molecule has 0 bridgehead atoms. The normalized spacial score (nSPS) is 17.8. The van der Waals surface area contributed by atoms with E-state index in [1.54, 1.807) is 0 Å². The average Bonchev–Trinajstić information content (AvgIpc) is 3.47. The number of hydrogen-bond acceptors (Lipinski definition) is 5. The maximum atomic E-state index is 13.7. The standard InChI is InChI=1S/C50H97NO4/c1-10-13-16-18-20-22-24-26-28-31-34-44(35-32-29-27-25-23-21-19-17-14-11-2)49(4,5)42-50(6,7)55-48(53)41-43-38-39-46(45(43)36-30-15-12-3)54-47(52)37-33-40-51(8)9/h43-46H,10-42H2,1-9H3. The summed E-state index contributed by atoms with van der Waals surface area (Å²) in [6, 6.07) is 0. The molecule has 55 heavy (non-hydrogen) atoms. The second kappa shape index (κ2) is 31.8. The van der Waals surface area contributed by atoms with Gasteiger partial charge in [-0.2, -0.15) is 0 Å². The first-order chi connectivity index (χ1) is 26.3. The Hall–Kier alpha value is -1.10. The van der Waals surface area contributed by atoms with Crippen molar-refractivity contribution < 1.29 is 19.1 Å². The van der Waals surface area contributed by atoms with E-state index in [1.807, 2.05) is 14.1 Å². The van der Waals surface area contributed by atoms with E-state index >= 15 is 0 Å². The highest BCUT2D eigenvalue weighted by Gasteiger charge is 2.41. The summed E-state index contributed by atoms with van der Waals surface area (Å²) in [4.78, 5) is 28.6. The molecule has 3 atom stereocenters. The van der Waals surface area contributed by atoms with Gasteiger partial charge < -0.3 is 14.4 Å². The molecule has 0 amide bonds. The molecule has 1 saturated carbocycles. The molecular weight excluding hydrogens is 679 g/mol. The van der Waals surface area contributed by atoms with E-state index in [0.717, 1.165) is 51.5 Å². The summed E-state index contributed by atoms with van der Waals surface area (Å²) in [5, 5.41) is 0. The lowest BCUT2D eigenvalue weighted by Crippen LogP contribution is -2.38. The van der Waals surface area contributed by atoms with E-state index in [9.17, 15) is 9.59 Å². The SMILES string of the molecule is CCCCCCCCCCCCC(CCCCCCCCCCCC)C(C)(C)CC(C)(C)OC(=O)CC1CCC(OC(=O)CCCN(C)C)C1CCCCC. The van der Waals surface area contributed by atoms with E-state index in [1.165, 1.54) is 148 Å². The Morgan fingerprint density at radius 3 is 1.53 bits per heavy atom. The Kier molecular flexibility index (Phi) is 30.1. The minimum Gasteiger partial charge on any atom is -0.462 e.